The van der Waals surface area contributed by atoms with Crippen molar-refractivity contribution in [2.24, 2.45) is 5.92 Å². The van der Waals surface area contributed by atoms with Crippen LogP contribution in [0.3, 0.4) is 0 Å². The van der Waals surface area contributed by atoms with Crippen molar-refractivity contribution >= 4 is 21.8 Å². The summed E-state index contributed by atoms with van der Waals surface area (Å²) in [6.45, 7) is 0.748. The van der Waals surface area contributed by atoms with E-state index in [0.29, 0.717) is 11.6 Å². The molecule has 0 bridgehead atoms. The highest BCUT2D eigenvalue weighted by Crippen LogP contribution is 2.38. The van der Waals surface area contributed by atoms with Gasteiger partial charge in [0.05, 0.1) is 12.8 Å². The Kier molecular flexibility index (Phi) is 4.50. The fourth-order valence-corrected chi connectivity index (χ4v) is 3.87. The molecule has 0 radical (unpaired) electrons. The van der Waals surface area contributed by atoms with E-state index < -0.39 is 0 Å². The molecule has 4 nitrogen and oxygen atoms in total. The summed E-state index contributed by atoms with van der Waals surface area (Å²) >= 11 is 3.55. The quantitative estimate of drug-likeness (QED) is 0.828. The number of nitrogens with one attached hydrogen (secondary N) is 1. The predicted molar refractivity (Wildman–Crippen MR) is 100 cm³/mol. The third-order valence-electron chi connectivity index (χ3n) is 5.06. The molecule has 0 unspecified atom stereocenters. The summed E-state index contributed by atoms with van der Waals surface area (Å²) in [6.07, 6.45) is 6.04. The molecule has 2 aromatic rings. The van der Waals surface area contributed by atoms with Gasteiger partial charge in [-0.2, -0.15) is 0 Å². The monoisotopic (exact) mass is 400 g/mol. The highest BCUT2D eigenvalue weighted by atomic mass is 79.9. The van der Waals surface area contributed by atoms with E-state index in [1.54, 1.807) is 13.2 Å². The number of halogens is 1. The first-order valence-electron chi connectivity index (χ1n) is 8.76. The number of hydrogen-bond donors (Lipinski definition) is 1. The first kappa shape index (κ1) is 16.6. The number of rotatable bonds is 5. The Morgan fingerprint density at radius 1 is 1.28 bits per heavy atom. The minimum atomic E-state index is -0.138. The van der Waals surface area contributed by atoms with Gasteiger partial charge in [-0.1, -0.05) is 22.0 Å². The fourth-order valence-electron chi connectivity index (χ4n) is 3.47. The predicted octanol–water partition coefficient (Wildman–Crippen LogP) is 3.87. The second-order valence-corrected chi connectivity index (χ2v) is 7.88. The minimum absolute atomic E-state index is 0.138. The average Bonchev–Trinajstić information content (AvgIpc) is 3.36. The van der Waals surface area contributed by atoms with Gasteiger partial charge in [-0.3, -0.25) is 4.79 Å². The van der Waals surface area contributed by atoms with Gasteiger partial charge in [0.2, 0.25) is 0 Å². The normalized spacial score (nSPS) is 18.7. The van der Waals surface area contributed by atoms with Gasteiger partial charge < -0.3 is 10.1 Å². The summed E-state index contributed by atoms with van der Waals surface area (Å²) in [4.78, 5) is 16.7. The van der Waals surface area contributed by atoms with Crippen molar-refractivity contribution in [1.29, 1.82) is 0 Å². The Balaban J connectivity index is 1.63. The standard InChI is InChI=1S/C20H21BrN2O2/c1-22-20(24)19-18(9-17(10-23-19)25-11-12-2-3-12)15-6-13-4-5-16(21)8-14(13)7-15/h4-5,8-10,12,15H,2-3,6-7,11H2,1H3,(H,22,24)/t15-/m1/s1. The number of carbonyl (C=O) groups is 1. The van der Waals surface area contributed by atoms with E-state index in [4.69, 9.17) is 4.74 Å². The van der Waals surface area contributed by atoms with Gasteiger partial charge in [0, 0.05) is 11.5 Å². The molecule has 0 spiro atoms. The van der Waals surface area contributed by atoms with Crippen LogP contribution in [-0.2, 0) is 12.8 Å². The van der Waals surface area contributed by atoms with E-state index in [-0.39, 0.29) is 11.8 Å². The van der Waals surface area contributed by atoms with E-state index in [2.05, 4.69) is 44.4 Å². The molecule has 1 fully saturated rings. The molecule has 5 heteroatoms. The summed E-state index contributed by atoms with van der Waals surface area (Å²) in [5, 5.41) is 2.71. The number of aromatic nitrogens is 1. The number of amides is 1. The molecule has 1 amide bonds. The van der Waals surface area contributed by atoms with E-state index >= 15 is 0 Å². The first-order chi connectivity index (χ1) is 12.1. The molecule has 2 aliphatic carbocycles. The average molecular weight is 401 g/mol. The lowest BCUT2D eigenvalue weighted by atomic mass is 9.94. The number of hydrogen-bond acceptors (Lipinski definition) is 3. The zero-order valence-corrected chi connectivity index (χ0v) is 15.8. The Bertz CT molecular complexity index is 817. The molecule has 4 rings (SSSR count). The maximum Gasteiger partial charge on any atom is 0.269 e. The second-order valence-electron chi connectivity index (χ2n) is 6.96. The van der Waals surface area contributed by atoms with E-state index in [9.17, 15) is 4.79 Å². The second kappa shape index (κ2) is 6.79. The zero-order valence-electron chi connectivity index (χ0n) is 14.2. The minimum Gasteiger partial charge on any atom is -0.492 e. The van der Waals surface area contributed by atoms with Crippen molar-refractivity contribution in [3.63, 3.8) is 0 Å². The van der Waals surface area contributed by atoms with Crippen molar-refractivity contribution in [2.75, 3.05) is 13.7 Å². The zero-order chi connectivity index (χ0) is 17.4. The molecule has 0 saturated heterocycles. The molecule has 0 aliphatic heterocycles. The number of carbonyl (C=O) groups excluding carboxylic acids is 1. The number of nitrogens with zero attached hydrogens (tertiary/aromatic N) is 1. The fraction of sp³-hybridized carbons (Fsp3) is 0.400. The Hall–Kier alpha value is -1.88. The van der Waals surface area contributed by atoms with Crippen molar-refractivity contribution in [3.8, 4) is 5.75 Å². The number of pyridine rings is 1. The lowest BCUT2D eigenvalue weighted by Crippen LogP contribution is -2.22. The summed E-state index contributed by atoms with van der Waals surface area (Å²) in [6, 6.07) is 8.44. The Morgan fingerprint density at radius 2 is 2.08 bits per heavy atom. The van der Waals surface area contributed by atoms with Crippen molar-refractivity contribution in [1.82, 2.24) is 10.3 Å². The van der Waals surface area contributed by atoms with Crippen LogP contribution in [0.2, 0.25) is 0 Å². The van der Waals surface area contributed by atoms with E-state index in [1.165, 1.54) is 24.0 Å². The number of ether oxygens (including phenoxy) is 1. The highest BCUT2D eigenvalue weighted by molar-refractivity contribution is 9.10. The summed E-state index contributed by atoms with van der Waals surface area (Å²) in [7, 11) is 1.64. The van der Waals surface area contributed by atoms with Gasteiger partial charge in [-0.05, 0) is 72.4 Å². The van der Waals surface area contributed by atoms with Crippen molar-refractivity contribution < 1.29 is 9.53 Å². The Morgan fingerprint density at radius 3 is 2.84 bits per heavy atom. The largest absolute Gasteiger partial charge is 0.492 e. The van der Waals surface area contributed by atoms with Crippen LogP contribution < -0.4 is 10.1 Å². The van der Waals surface area contributed by atoms with Crippen LogP contribution in [0, 0.1) is 5.92 Å². The third kappa shape index (κ3) is 3.56. The topological polar surface area (TPSA) is 51.2 Å². The van der Waals surface area contributed by atoms with Gasteiger partial charge in [0.1, 0.15) is 11.4 Å². The van der Waals surface area contributed by atoms with Crippen molar-refractivity contribution in [2.45, 2.75) is 31.6 Å². The lowest BCUT2D eigenvalue weighted by molar-refractivity contribution is 0.0956. The van der Waals surface area contributed by atoms with Crippen LogP contribution in [0.1, 0.15) is 45.9 Å². The van der Waals surface area contributed by atoms with Gasteiger partial charge in [-0.25, -0.2) is 4.98 Å². The van der Waals surface area contributed by atoms with Crippen LogP contribution >= 0.6 is 15.9 Å². The molecule has 25 heavy (non-hydrogen) atoms. The maximum absolute atomic E-state index is 12.3. The molecular weight excluding hydrogens is 380 g/mol. The van der Waals surface area contributed by atoms with Crippen LogP contribution in [0.5, 0.6) is 5.75 Å². The van der Waals surface area contributed by atoms with Crippen LogP contribution in [0.4, 0.5) is 0 Å². The van der Waals surface area contributed by atoms with Gasteiger partial charge in [0.25, 0.3) is 5.91 Å². The third-order valence-corrected chi connectivity index (χ3v) is 5.55. The van der Waals surface area contributed by atoms with Gasteiger partial charge in [-0.15, -0.1) is 0 Å². The van der Waals surface area contributed by atoms with Gasteiger partial charge in [0.15, 0.2) is 0 Å². The summed E-state index contributed by atoms with van der Waals surface area (Å²) in [5.74, 6) is 1.58. The molecule has 1 N–H and O–H groups in total. The first-order valence-corrected chi connectivity index (χ1v) is 9.55. The molecule has 1 aromatic carbocycles. The summed E-state index contributed by atoms with van der Waals surface area (Å²) in [5.41, 5.74) is 4.19. The molecule has 1 heterocycles. The smallest absolute Gasteiger partial charge is 0.269 e. The molecular formula is C20H21BrN2O2. The molecule has 1 saturated carbocycles. The molecule has 1 aromatic heterocycles. The number of benzene rings is 1. The van der Waals surface area contributed by atoms with Crippen LogP contribution in [0.25, 0.3) is 0 Å². The van der Waals surface area contributed by atoms with Gasteiger partial charge >= 0.3 is 0 Å². The summed E-state index contributed by atoms with van der Waals surface area (Å²) < 4.78 is 6.99. The maximum atomic E-state index is 12.3. The number of fused-ring (bicyclic) bond motifs is 1. The van der Waals surface area contributed by atoms with E-state index in [0.717, 1.165) is 35.2 Å². The molecule has 130 valence electrons. The SMILES string of the molecule is CNC(=O)c1ncc(OCC2CC2)cc1[C@@H]1Cc2ccc(Br)cc2C1. The highest BCUT2D eigenvalue weighted by Gasteiger charge is 2.28. The van der Waals surface area contributed by atoms with E-state index in [1.807, 2.05) is 6.07 Å². The molecule has 1 atom stereocenters. The molecule has 2 aliphatic rings. The Labute approximate surface area is 156 Å². The lowest BCUT2D eigenvalue weighted by Gasteiger charge is -2.16. The van der Waals surface area contributed by atoms with Crippen LogP contribution in [0.15, 0.2) is 34.9 Å². The van der Waals surface area contributed by atoms with Crippen molar-refractivity contribution in [3.05, 3.63) is 57.3 Å². The van der Waals surface area contributed by atoms with Crippen LogP contribution in [-0.4, -0.2) is 24.5 Å².